The van der Waals surface area contributed by atoms with Gasteiger partial charge in [0.05, 0.1) is 5.92 Å². The highest BCUT2D eigenvalue weighted by molar-refractivity contribution is 5.74. The van der Waals surface area contributed by atoms with Crippen LogP contribution in [0.1, 0.15) is 33.6 Å². The maximum atomic E-state index is 11.5. The highest BCUT2D eigenvalue weighted by Crippen LogP contribution is 2.29. The average Bonchev–Trinajstić information content (AvgIpc) is 1.79. The van der Waals surface area contributed by atoms with Crippen LogP contribution in [0, 0.1) is 5.92 Å². The van der Waals surface area contributed by atoms with E-state index in [-0.39, 0.29) is 17.5 Å². The molecule has 0 aromatic heterocycles. The molecular weight excluding hydrogens is 166 g/mol. The molecular formula is C10H19NO2. The molecule has 0 aliphatic heterocycles. The average molecular weight is 185 g/mol. The van der Waals surface area contributed by atoms with Crippen LogP contribution in [0.5, 0.6) is 0 Å². The number of nitrogens with one attached hydrogen (secondary N) is 1. The molecule has 0 bridgehead atoms. The van der Waals surface area contributed by atoms with Crippen molar-refractivity contribution in [2.45, 2.75) is 45.3 Å². The smallest absolute Gasteiger partial charge is 0.309 e. The molecule has 3 heteroatoms. The molecule has 0 aromatic carbocycles. The largest absolute Gasteiger partial charge is 0.460 e. The summed E-state index contributed by atoms with van der Waals surface area (Å²) < 4.78 is 5.27. The molecule has 1 N–H and O–H groups in total. The van der Waals surface area contributed by atoms with Gasteiger partial charge in [0.25, 0.3) is 0 Å². The molecule has 0 radical (unpaired) electrons. The summed E-state index contributed by atoms with van der Waals surface area (Å²) in [6, 6.07) is 0.512. The molecule has 0 unspecified atom stereocenters. The second-order valence-corrected chi connectivity index (χ2v) is 4.69. The molecule has 1 aliphatic carbocycles. The first-order chi connectivity index (χ1) is 5.92. The third-order valence-corrected chi connectivity index (χ3v) is 2.29. The molecule has 0 heterocycles. The summed E-state index contributed by atoms with van der Waals surface area (Å²) in [4.78, 5) is 11.5. The highest BCUT2D eigenvalue weighted by atomic mass is 16.6. The van der Waals surface area contributed by atoms with Gasteiger partial charge in [-0.25, -0.2) is 0 Å². The Morgan fingerprint density at radius 3 is 2.31 bits per heavy atom. The van der Waals surface area contributed by atoms with Crippen LogP contribution in [0.2, 0.25) is 0 Å². The van der Waals surface area contributed by atoms with Crippen LogP contribution >= 0.6 is 0 Å². The molecule has 0 amide bonds. The molecule has 0 atom stereocenters. The minimum Gasteiger partial charge on any atom is -0.460 e. The minimum absolute atomic E-state index is 0.0426. The van der Waals surface area contributed by atoms with E-state index >= 15 is 0 Å². The second kappa shape index (κ2) is 3.66. The Kier molecular flexibility index (Phi) is 2.96. The molecule has 0 spiro atoms. The second-order valence-electron chi connectivity index (χ2n) is 4.69. The third-order valence-electron chi connectivity index (χ3n) is 2.29. The SMILES string of the molecule is CNC1CC(C(=O)OC(C)(C)C)C1. The predicted molar refractivity (Wildman–Crippen MR) is 51.4 cm³/mol. The van der Waals surface area contributed by atoms with E-state index in [0.717, 1.165) is 12.8 Å². The fourth-order valence-electron chi connectivity index (χ4n) is 1.43. The Balaban J connectivity index is 2.27. The number of hydrogen-bond donors (Lipinski definition) is 1. The van der Waals surface area contributed by atoms with E-state index in [1.54, 1.807) is 0 Å². The number of hydrogen-bond acceptors (Lipinski definition) is 3. The van der Waals surface area contributed by atoms with Crippen molar-refractivity contribution in [3.63, 3.8) is 0 Å². The van der Waals surface area contributed by atoms with Crippen molar-refractivity contribution in [2.24, 2.45) is 5.92 Å². The molecule has 0 aromatic rings. The Morgan fingerprint density at radius 1 is 1.38 bits per heavy atom. The summed E-state index contributed by atoms with van der Waals surface area (Å²) >= 11 is 0. The maximum Gasteiger partial charge on any atom is 0.309 e. The van der Waals surface area contributed by atoms with E-state index in [1.165, 1.54) is 0 Å². The van der Waals surface area contributed by atoms with Gasteiger partial charge in [0.15, 0.2) is 0 Å². The molecule has 0 saturated heterocycles. The number of ether oxygens (including phenoxy) is 1. The fraction of sp³-hybridized carbons (Fsp3) is 0.900. The number of esters is 1. The van der Waals surface area contributed by atoms with Gasteiger partial charge in [0, 0.05) is 6.04 Å². The first kappa shape index (κ1) is 10.5. The lowest BCUT2D eigenvalue weighted by Crippen LogP contribution is -2.44. The van der Waals surface area contributed by atoms with E-state index in [4.69, 9.17) is 4.74 Å². The Hall–Kier alpha value is -0.570. The van der Waals surface area contributed by atoms with Gasteiger partial charge in [-0.2, -0.15) is 0 Å². The van der Waals surface area contributed by atoms with Gasteiger partial charge in [0.2, 0.25) is 0 Å². The molecule has 1 fully saturated rings. The topological polar surface area (TPSA) is 38.3 Å². The monoisotopic (exact) mass is 185 g/mol. The lowest BCUT2D eigenvalue weighted by Gasteiger charge is -2.35. The van der Waals surface area contributed by atoms with Gasteiger partial charge in [0.1, 0.15) is 5.60 Å². The Labute approximate surface area is 79.8 Å². The molecule has 1 rings (SSSR count). The quantitative estimate of drug-likeness (QED) is 0.659. The Morgan fingerprint density at radius 2 is 1.92 bits per heavy atom. The van der Waals surface area contributed by atoms with Crippen LogP contribution in [-0.2, 0) is 9.53 Å². The zero-order valence-corrected chi connectivity index (χ0v) is 8.89. The van der Waals surface area contributed by atoms with Crippen molar-refractivity contribution >= 4 is 5.97 Å². The van der Waals surface area contributed by atoms with E-state index in [9.17, 15) is 4.79 Å². The zero-order valence-electron chi connectivity index (χ0n) is 8.89. The van der Waals surface area contributed by atoms with Crippen molar-refractivity contribution in [2.75, 3.05) is 7.05 Å². The summed E-state index contributed by atoms with van der Waals surface area (Å²) in [5.41, 5.74) is -0.345. The van der Waals surface area contributed by atoms with E-state index in [1.807, 2.05) is 27.8 Å². The minimum atomic E-state index is -0.345. The number of carbonyl (C=O) groups is 1. The number of carbonyl (C=O) groups excluding carboxylic acids is 1. The maximum absolute atomic E-state index is 11.5. The van der Waals surface area contributed by atoms with E-state index in [2.05, 4.69) is 5.32 Å². The zero-order chi connectivity index (χ0) is 10.1. The van der Waals surface area contributed by atoms with E-state index < -0.39 is 0 Å². The van der Waals surface area contributed by atoms with Crippen molar-refractivity contribution in [3.05, 3.63) is 0 Å². The third kappa shape index (κ3) is 2.99. The summed E-state index contributed by atoms with van der Waals surface area (Å²) in [5, 5.41) is 3.14. The predicted octanol–water partition coefficient (Wildman–Crippen LogP) is 1.33. The van der Waals surface area contributed by atoms with Gasteiger partial charge in [-0.05, 0) is 40.7 Å². The summed E-state index contributed by atoms with van der Waals surface area (Å²) in [5.74, 6) is 0.0793. The fourth-order valence-corrected chi connectivity index (χ4v) is 1.43. The van der Waals surface area contributed by atoms with Crippen LogP contribution in [0.3, 0.4) is 0 Å². The van der Waals surface area contributed by atoms with Crippen molar-refractivity contribution in [1.82, 2.24) is 5.32 Å². The van der Waals surface area contributed by atoms with Crippen molar-refractivity contribution in [3.8, 4) is 0 Å². The highest BCUT2D eigenvalue weighted by Gasteiger charge is 2.36. The van der Waals surface area contributed by atoms with Crippen molar-refractivity contribution < 1.29 is 9.53 Å². The van der Waals surface area contributed by atoms with Gasteiger partial charge < -0.3 is 10.1 Å². The first-order valence-electron chi connectivity index (χ1n) is 4.82. The van der Waals surface area contributed by atoms with Crippen LogP contribution in [0.4, 0.5) is 0 Å². The van der Waals surface area contributed by atoms with E-state index in [0.29, 0.717) is 6.04 Å². The van der Waals surface area contributed by atoms with Crippen molar-refractivity contribution in [1.29, 1.82) is 0 Å². The summed E-state index contributed by atoms with van der Waals surface area (Å²) in [6.45, 7) is 5.71. The van der Waals surface area contributed by atoms with Crippen LogP contribution in [-0.4, -0.2) is 24.7 Å². The van der Waals surface area contributed by atoms with Gasteiger partial charge in [-0.15, -0.1) is 0 Å². The number of rotatable bonds is 2. The molecule has 13 heavy (non-hydrogen) atoms. The van der Waals surface area contributed by atoms with Gasteiger partial charge in [-0.3, -0.25) is 4.79 Å². The molecule has 1 saturated carbocycles. The Bertz CT molecular complexity index is 190. The van der Waals surface area contributed by atoms with Gasteiger partial charge >= 0.3 is 5.97 Å². The van der Waals surface area contributed by atoms with Crippen LogP contribution in [0.15, 0.2) is 0 Å². The van der Waals surface area contributed by atoms with Gasteiger partial charge in [-0.1, -0.05) is 0 Å². The summed E-state index contributed by atoms with van der Waals surface area (Å²) in [6.07, 6.45) is 1.84. The lowest BCUT2D eigenvalue weighted by molar-refractivity contribution is -0.163. The standard InChI is InChI=1S/C10H19NO2/c1-10(2,3)13-9(12)7-5-8(6-7)11-4/h7-8,11H,5-6H2,1-4H3. The lowest BCUT2D eigenvalue weighted by atomic mass is 9.80. The molecule has 1 aliphatic rings. The van der Waals surface area contributed by atoms with Crippen LogP contribution < -0.4 is 5.32 Å². The normalized spacial score (nSPS) is 28.0. The van der Waals surface area contributed by atoms with Crippen LogP contribution in [0.25, 0.3) is 0 Å². The first-order valence-corrected chi connectivity index (χ1v) is 4.82. The molecule has 3 nitrogen and oxygen atoms in total. The summed E-state index contributed by atoms with van der Waals surface area (Å²) in [7, 11) is 1.93. The molecule has 76 valence electrons.